The number of carbonyl (C=O) groups is 2. The lowest BCUT2D eigenvalue weighted by molar-refractivity contribution is -0.123. The molecule has 0 spiro atoms. The fourth-order valence-corrected chi connectivity index (χ4v) is 3.07. The van der Waals surface area contributed by atoms with Gasteiger partial charge in [0.2, 0.25) is 0 Å². The molecule has 1 aliphatic rings. The minimum Gasteiger partial charge on any atom is -0.484 e. The van der Waals surface area contributed by atoms with Crippen LogP contribution in [0.4, 0.5) is 0 Å². The summed E-state index contributed by atoms with van der Waals surface area (Å²) in [5.41, 5.74) is 1.95. The van der Waals surface area contributed by atoms with Crippen molar-refractivity contribution in [3.63, 3.8) is 0 Å². The van der Waals surface area contributed by atoms with Crippen molar-refractivity contribution in [2.45, 2.75) is 24.7 Å². The van der Waals surface area contributed by atoms with Gasteiger partial charge in [-0.1, -0.05) is 36.8 Å². The highest BCUT2D eigenvalue weighted by Crippen LogP contribution is 2.43. The minimum atomic E-state index is -0.128. The Morgan fingerprint density at radius 1 is 1.08 bits per heavy atom. The lowest BCUT2D eigenvalue weighted by Gasteiger charge is -2.42. The van der Waals surface area contributed by atoms with Crippen molar-refractivity contribution in [3.8, 4) is 5.75 Å². The van der Waals surface area contributed by atoms with E-state index >= 15 is 0 Å². The summed E-state index contributed by atoms with van der Waals surface area (Å²) in [7, 11) is 0. The number of hydrogen-bond acceptors (Lipinski definition) is 3. The topological polar surface area (TPSA) is 55.4 Å². The van der Waals surface area contributed by atoms with Gasteiger partial charge < -0.3 is 10.1 Å². The van der Waals surface area contributed by atoms with Gasteiger partial charge in [-0.2, -0.15) is 0 Å². The SMILES string of the molecule is O=Cc1ccc(OCC(=O)NCC2(c3ccccc3)CCC2)cc1. The third-order valence-electron chi connectivity index (χ3n) is 4.71. The first-order valence-corrected chi connectivity index (χ1v) is 8.22. The molecule has 4 heteroatoms. The summed E-state index contributed by atoms with van der Waals surface area (Å²) in [5.74, 6) is 0.453. The average Bonchev–Trinajstić information content (AvgIpc) is 2.60. The lowest BCUT2D eigenvalue weighted by Crippen LogP contribution is -2.46. The van der Waals surface area contributed by atoms with Crippen LogP contribution in [0, 0.1) is 0 Å². The molecule has 0 aliphatic heterocycles. The highest BCUT2D eigenvalue weighted by atomic mass is 16.5. The van der Waals surface area contributed by atoms with Crippen LogP contribution in [0.3, 0.4) is 0 Å². The predicted octanol–water partition coefficient (Wildman–Crippen LogP) is 3.12. The van der Waals surface area contributed by atoms with E-state index in [2.05, 4.69) is 17.4 Å². The van der Waals surface area contributed by atoms with E-state index in [1.165, 1.54) is 12.0 Å². The smallest absolute Gasteiger partial charge is 0.257 e. The molecule has 4 nitrogen and oxygen atoms in total. The monoisotopic (exact) mass is 323 g/mol. The molecular formula is C20H21NO3. The molecule has 1 fully saturated rings. The molecule has 24 heavy (non-hydrogen) atoms. The number of hydrogen-bond donors (Lipinski definition) is 1. The van der Waals surface area contributed by atoms with Gasteiger partial charge in [0, 0.05) is 17.5 Å². The normalized spacial score (nSPS) is 15.2. The summed E-state index contributed by atoms with van der Waals surface area (Å²) in [6, 6.07) is 17.1. The summed E-state index contributed by atoms with van der Waals surface area (Å²) in [6.45, 7) is 0.620. The second kappa shape index (κ2) is 7.30. The van der Waals surface area contributed by atoms with Crippen molar-refractivity contribution in [3.05, 3.63) is 65.7 Å². The van der Waals surface area contributed by atoms with Gasteiger partial charge in [0.05, 0.1) is 0 Å². The number of carbonyl (C=O) groups excluding carboxylic acids is 2. The molecule has 0 aromatic heterocycles. The Kier molecular flexibility index (Phi) is 4.94. The molecule has 0 unspecified atom stereocenters. The van der Waals surface area contributed by atoms with E-state index in [0.717, 1.165) is 19.1 Å². The maximum atomic E-state index is 12.1. The van der Waals surface area contributed by atoms with Gasteiger partial charge in [-0.15, -0.1) is 0 Å². The summed E-state index contributed by atoms with van der Waals surface area (Å²) in [4.78, 5) is 22.7. The second-order valence-corrected chi connectivity index (χ2v) is 6.25. The van der Waals surface area contributed by atoms with Gasteiger partial charge in [0.25, 0.3) is 5.91 Å². The molecule has 1 amide bonds. The molecular weight excluding hydrogens is 302 g/mol. The summed E-state index contributed by atoms with van der Waals surface area (Å²) in [6.07, 6.45) is 4.18. The number of amides is 1. The first-order chi connectivity index (χ1) is 11.7. The van der Waals surface area contributed by atoms with Crippen molar-refractivity contribution in [1.82, 2.24) is 5.32 Å². The summed E-state index contributed by atoms with van der Waals surface area (Å²) < 4.78 is 5.46. The van der Waals surface area contributed by atoms with Crippen molar-refractivity contribution < 1.29 is 14.3 Å². The van der Waals surface area contributed by atoms with Crippen LogP contribution < -0.4 is 10.1 Å². The summed E-state index contributed by atoms with van der Waals surface area (Å²) in [5, 5.41) is 3.00. The third kappa shape index (κ3) is 3.65. The molecule has 124 valence electrons. The zero-order valence-corrected chi connectivity index (χ0v) is 13.5. The first-order valence-electron chi connectivity index (χ1n) is 8.22. The van der Waals surface area contributed by atoms with Crippen LogP contribution in [0.5, 0.6) is 5.75 Å². The van der Waals surface area contributed by atoms with Crippen LogP contribution in [-0.4, -0.2) is 25.3 Å². The molecule has 2 aromatic rings. The standard InChI is InChI=1S/C20H21NO3/c22-13-16-7-9-18(10-8-16)24-14-19(23)21-15-20(11-4-12-20)17-5-2-1-3-6-17/h1-3,5-10,13H,4,11-12,14-15H2,(H,21,23). The van der Waals surface area contributed by atoms with Crippen LogP contribution in [0.15, 0.2) is 54.6 Å². The van der Waals surface area contributed by atoms with Crippen molar-refractivity contribution in [1.29, 1.82) is 0 Å². The maximum absolute atomic E-state index is 12.1. The zero-order chi connectivity index (χ0) is 16.8. The molecule has 2 aromatic carbocycles. The molecule has 1 N–H and O–H groups in total. The molecule has 0 bridgehead atoms. The van der Waals surface area contributed by atoms with Gasteiger partial charge in [0.15, 0.2) is 6.61 Å². The number of aldehydes is 1. The molecule has 1 saturated carbocycles. The van der Waals surface area contributed by atoms with Crippen LogP contribution in [-0.2, 0) is 10.2 Å². The molecule has 3 rings (SSSR count). The average molecular weight is 323 g/mol. The van der Waals surface area contributed by atoms with Gasteiger partial charge >= 0.3 is 0 Å². The molecule has 0 atom stereocenters. The fraction of sp³-hybridized carbons (Fsp3) is 0.300. The van der Waals surface area contributed by atoms with Gasteiger partial charge in [0.1, 0.15) is 12.0 Å². The van der Waals surface area contributed by atoms with Crippen molar-refractivity contribution >= 4 is 12.2 Å². The van der Waals surface area contributed by atoms with E-state index < -0.39 is 0 Å². The van der Waals surface area contributed by atoms with Crippen molar-refractivity contribution in [2.24, 2.45) is 0 Å². The Hall–Kier alpha value is -2.62. The highest BCUT2D eigenvalue weighted by molar-refractivity contribution is 5.78. The zero-order valence-electron chi connectivity index (χ0n) is 13.5. The van der Waals surface area contributed by atoms with E-state index in [9.17, 15) is 9.59 Å². The minimum absolute atomic E-state index is 0.0225. The molecule has 0 saturated heterocycles. The van der Waals surface area contributed by atoms with Crippen LogP contribution in [0.25, 0.3) is 0 Å². The number of rotatable bonds is 7. The Morgan fingerprint density at radius 3 is 2.38 bits per heavy atom. The second-order valence-electron chi connectivity index (χ2n) is 6.25. The first kappa shape index (κ1) is 16.2. The fourth-order valence-electron chi connectivity index (χ4n) is 3.07. The quantitative estimate of drug-likeness (QED) is 0.797. The van der Waals surface area contributed by atoms with Gasteiger partial charge in [-0.3, -0.25) is 9.59 Å². The van der Waals surface area contributed by atoms with E-state index in [-0.39, 0.29) is 17.9 Å². The van der Waals surface area contributed by atoms with Crippen LogP contribution >= 0.6 is 0 Å². The molecule has 1 aliphatic carbocycles. The van der Waals surface area contributed by atoms with E-state index in [1.54, 1.807) is 24.3 Å². The van der Waals surface area contributed by atoms with Crippen molar-refractivity contribution in [2.75, 3.05) is 13.2 Å². The predicted molar refractivity (Wildman–Crippen MR) is 92.3 cm³/mol. The largest absolute Gasteiger partial charge is 0.484 e. The number of nitrogens with one attached hydrogen (secondary N) is 1. The Balaban J connectivity index is 1.50. The van der Waals surface area contributed by atoms with Crippen LogP contribution in [0.1, 0.15) is 35.2 Å². The van der Waals surface area contributed by atoms with Gasteiger partial charge in [-0.05, 0) is 42.7 Å². The molecule has 0 heterocycles. The van der Waals surface area contributed by atoms with E-state index in [1.807, 2.05) is 18.2 Å². The van der Waals surface area contributed by atoms with Gasteiger partial charge in [-0.25, -0.2) is 0 Å². The maximum Gasteiger partial charge on any atom is 0.257 e. The van der Waals surface area contributed by atoms with E-state index in [4.69, 9.17) is 4.74 Å². The third-order valence-corrected chi connectivity index (χ3v) is 4.71. The number of ether oxygens (including phenoxy) is 1. The lowest BCUT2D eigenvalue weighted by atomic mass is 9.64. The Bertz CT molecular complexity index is 691. The number of benzene rings is 2. The Labute approximate surface area is 141 Å². The molecule has 0 radical (unpaired) electrons. The van der Waals surface area contributed by atoms with E-state index in [0.29, 0.717) is 17.9 Å². The highest BCUT2D eigenvalue weighted by Gasteiger charge is 2.38. The Morgan fingerprint density at radius 2 is 1.79 bits per heavy atom. The summed E-state index contributed by atoms with van der Waals surface area (Å²) >= 11 is 0. The van der Waals surface area contributed by atoms with Crippen LogP contribution in [0.2, 0.25) is 0 Å².